The van der Waals surface area contributed by atoms with E-state index in [9.17, 15) is 0 Å². The zero-order valence-corrected chi connectivity index (χ0v) is 8.48. The molecular formula is C9H15Br. The van der Waals surface area contributed by atoms with Gasteiger partial charge in [-0.05, 0) is 13.0 Å². The summed E-state index contributed by atoms with van der Waals surface area (Å²) in [5, 5.41) is 0. The van der Waals surface area contributed by atoms with Crippen molar-refractivity contribution in [3.63, 3.8) is 0 Å². The highest BCUT2D eigenvalue weighted by Gasteiger charge is 1.73. The molecule has 0 aliphatic carbocycles. The van der Waals surface area contributed by atoms with Gasteiger partial charge in [-0.1, -0.05) is 54.6 Å². The molecule has 0 aromatic carbocycles. The minimum atomic E-state index is 1.01. The fourth-order valence-electron chi connectivity index (χ4n) is 0.256. The lowest BCUT2D eigenvalue weighted by atomic mass is 10.4. The number of hydrogen-bond donors (Lipinski definition) is 0. The Labute approximate surface area is 72.5 Å². The summed E-state index contributed by atoms with van der Waals surface area (Å²) in [5.41, 5.74) is 0. The van der Waals surface area contributed by atoms with Crippen LogP contribution in [0.5, 0.6) is 0 Å². The highest BCUT2D eigenvalue weighted by atomic mass is 79.9. The van der Waals surface area contributed by atoms with Gasteiger partial charge in [0.1, 0.15) is 0 Å². The van der Waals surface area contributed by atoms with E-state index in [1.54, 1.807) is 6.08 Å². The summed E-state index contributed by atoms with van der Waals surface area (Å²) < 4.78 is 1.01. The Kier molecular flexibility index (Phi) is 14.2. The van der Waals surface area contributed by atoms with Crippen molar-refractivity contribution in [3.05, 3.63) is 35.4 Å². The molecule has 0 heterocycles. The normalized spacial score (nSPS) is 10.6. The predicted molar refractivity (Wildman–Crippen MR) is 53.4 cm³/mol. The van der Waals surface area contributed by atoms with Crippen molar-refractivity contribution in [1.29, 1.82) is 0 Å². The molecule has 0 unspecified atom stereocenters. The molecule has 0 nitrogen and oxygen atoms in total. The molecule has 58 valence electrons. The molecule has 0 aromatic heterocycles. The van der Waals surface area contributed by atoms with Crippen LogP contribution in [0.4, 0.5) is 0 Å². The number of allylic oxidation sites excluding steroid dienone is 5. The van der Waals surface area contributed by atoms with Crippen LogP contribution in [-0.2, 0) is 0 Å². The summed E-state index contributed by atoms with van der Waals surface area (Å²) >= 11 is 3.27. The van der Waals surface area contributed by atoms with Crippen molar-refractivity contribution in [3.8, 4) is 0 Å². The molecule has 0 fully saturated rings. The number of hydrogen-bond acceptors (Lipinski definition) is 0. The summed E-state index contributed by atoms with van der Waals surface area (Å²) in [6.07, 6.45) is 7.60. The van der Waals surface area contributed by atoms with Crippen LogP contribution in [0.15, 0.2) is 35.4 Å². The quantitative estimate of drug-likeness (QED) is 0.594. The van der Waals surface area contributed by atoms with Gasteiger partial charge in [0.15, 0.2) is 0 Å². The molecule has 0 saturated carbocycles. The van der Waals surface area contributed by atoms with Gasteiger partial charge in [0.2, 0.25) is 0 Å². The van der Waals surface area contributed by atoms with Crippen molar-refractivity contribution < 1.29 is 0 Å². The van der Waals surface area contributed by atoms with Gasteiger partial charge in [-0.3, -0.25) is 0 Å². The summed E-state index contributed by atoms with van der Waals surface area (Å²) in [7, 11) is 0. The maximum atomic E-state index is 3.56. The van der Waals surface area contributed by atoms with Crippen molar-refractivity contribution in [2.24, 2.45) is 0 Å². The van der Waals surface area contributed by atoms with E-state index in [-0.39, 0.29) is 0 Å². The molecule has 0 spiro atoms. The first-order valence-corrected chi connectivity index (χ1v) is 4.21. The topological polar surface area (TPSA) is 0 Å². The van der Waals surface area contributed by atoms with Crippen molar-refractivity contribution in [2.75, 3.05) is 0 Å². The van der Waals surface area contributed by atoms with Crippen LogP contribution >= 0.6 is 15.9 Å². The van der Waals surface area contributed by atoms with Gasteiger partial charge in [-0.25, -0.2) is 0 Å². The molecule has 0 N–H and O–H groups in total. The molecule has 0 amide bonds. The van der Waals surface area contributed by atoms with Crippen molar-refractivity contribution >= 4 is 15.9 Å². The van der Waals surface area contributed by atoms with E-state index in [1.807, 2.05) is 39.0 Å². The third-order valence-corrected chi connectivity index (χ3v) is 1.23. The first-order chi connectivity index (χ1) is 4.81. The maximum absolute atomic E-state index is 3.56. The molecule has 1 heteroatoms. The van der Waals surface area contributed by atoms with E-state index in [1.165, 1.54) is 0 Å². The third kappa shape index (κ3) is 10.6. The zero-order valence-electron chi connectivity index (χ0n) is 6.89. The largest absolute Gasteiger partial charge is 0.0979 e. The van der Waals surface area contributed by atoms with E-state index in [4.69, 9.17) is 0 Å². The van der Waals surface area contributed by atoms with E-state index >= 15 is 0 Å². The van der Waals surface area contributed by atoms with Gasteiger partial charge in [0.25, 0.3) is 0 Å². The lowest BCUT2D eigenvalue weighted by Crippen LogP contribution is -1.54. The highest BCUT2D eigenvalue weighted by Crippen LogP contribution is 2.03. The highest BCUT2D eigenvalue weighted by molar-refractivity contribution is 9.11. The minimum absolute atomic E-state index is 1.01. The molecule has 0 saturated heterocycles. The Morgan fingerprint density at radius 2 is 1.90 bits per heavy atom. The summed E-state index contributed by atoms with van der Waals surface area (Å²) in [6.45, 7) is 9.54. The second-order valence-electron chi connectivity index (χ2n) is 1.28. The smallest absolute Gasteiger partial charge is 0.0169 e. The van der Waals surface area contributed by atoms with Gasteiger partial charge >= 0.3 is 0 Å². The van der Waals surface area contributed by atoms with E-state index in [2.05, 4.69) is 22.5 Å². The molecule has 0 aliphatic heterocycles. The standard InChI is InChI=1S/C7H9Br.C2H6/c1-3-5-6-7(8)4-2;1-2/h3-6H,2H2,1H3;1-2H3/b5-3+,7-6+;. The van der Waals surface area contributed by atoms with Crippen LogP contribution in [-0.4, -0.2) is 0 Å². The molecule has 0 rings (SSSR count). The van der Waals surface area contributed by atoms with Crippen LogP contribution in [0.3, 0.4) is 0 Å². The summed E-state index contributed by atoms with van der Waals surface area (Å²) in [6, 6.07) is 0. The molecule has 0 aromatic rings. The Morgan fingerprint density at radius 3 is 2.20 bits per heavy atom. The SMILES string of the molecule is C=C/C(Br)=C\C=C\C.CC. The number of rotatable bonds is 2. The first kappa shape index (κ1) is 12.4. The van der Waals surface area contributed by atoms with Crippen LogP contribution in [0.2, 0.25) is 0 Å². The Bertz CT molecular complexity index is 121. The van der Waals surface area contributed by atoms with Crippen LogP contribution in [0.25, 0.3) is 0 Å². The Morgan fingerprint density at radius 1 is 1.40 bits per heavy atom. The van der Waals surface area contributed by atoms with Gasteiger partial charge in [0, 0.05) is 4.48 Å². The average Bonchev–Trinajstić information content (AvgIpc) is 2.04. The van der Waals surface area contributed by atoms with E-state index in [0.717, 1.165) is 4.48 Å². The van der Waals surface area contributed by atoms with Crippen molar-refractivity contribution in [1.82, 2.24) is 0 Å². The lowest BCUT2D eigenvalue weighted by molar-refractivity contribution is 1.50. The van der Waals surface area contributed by atoms with Gasteiger partial charge in [0.05, 0.1) is 0 Å². The molecule has 10 heavy (non-hydrogen) atoms. The van der Waals surface area contributed by atoms with Crippen LogP contribution in [0.1, 0.15) is 20.8 Å². The molecular weight excluding hydrogens is 188 g/mol. The molecule has 0 atom stereocenters. The van der Waals surface area contributed by atoms with Gasteiger partial charge < -0.3 is 0 Å². The monoisotopic (exact) mass is 202 g/mol. The Balaban J connectivity index is 0. The summed E-state index contributed by atoms with van der Waals surface area (Å²) in [5.74, 6) is 0. The zero-order chi connectivity index (χ0) is 8.41. The predicted octanol–water partition coefficient (Wildman–Crippen LogP) is 4.05. The minimum Gasteiger partial charge on any atom is -0.0979 e. The average molecular weight is 203 g/mol. The first-order valence-electron chi connectivity index (χ1n) is 3.42. The summed E-state index contributed by atoms with van der Waals surface area (Å²) in [4.78, 5) is 0. The van der Waals surface area contributed by atoms with Gasteiger partial charge in [-0.2, -0.15) is 0 Å². The van der Waals surface area contributed by atoms with Crippen LogP contribution in [0, 0.1) is 0 Å². The molecule has 0 bridgehead atoms. The maximum Gasteiger partial charge on any atom is 0.0169 e. The fraction of sp³-hybridized carbons (Fsp3) is 0.333. The van der Waals surface area contributed by atoms with Crippen molar-refractivity contribution in [2.45, 2.75) is 20.8 Å². The van der Waals surface area contributed by atoms with Gasteiger partial charge in [-0.15, -0.1) is 0 Å². The second-order valence-corrected chi connectivity index (χ2v) is 2.20. The second kappa shape index (κ2) is 11.5. The van der Waals surface area contributed by atoms with E-state index in [0.29, 0.717) is 0 Å². The molecule has 0 aliphatic rings. The third-order valence-electron chi connectivity index (χ3n) is 0.643. The lowest BCUT2D eigenvalue weighted by Gasteiger charge is -1.78. The van der Waals surface area contributed by atoms with Crippen LogP contribution < -0.4 is 0 Å². The fourth-order valence-corrected chi connectivity index (χ4v) is 0.409. The molecule has 0 radical (unpaired) electrons. The number of halogens is 1. The Hall–Kier alpha value is -0.300. The van der Waals surface area contributed by atoms with E-state index < -0.39 is 0 Å².